The smallest absolute Gasteiger partial charge is 0.106 e. The number of hydrogen-bond donors (Lipinski definition) is 2. The Labute approximate surface area is 134 Å². The van der Waals surface area contributed by atoms with E-state index in [1.807, 2.05) is 18.2 Å². The fraction of sp³-hybridized carbons (Fsp3) is 0.500. The van der Waals surface area contributed by atoms with Crippen molar-refractivity contribution in [1.82, 2.24) is 9.80 Å². The molecule has 1 unspecified atom stereocenters. The third-order valence-corrected chi connectivity index (χ3v) is 4.47. The van der Waals surface area contributed by atoms with Gasteiger partial charge in [0.2, 0.25) is 0 Å². The zero-order chi connectivity index (χ0) is 14.7. The minimum Gasteiger partial charge on any atom is -0.389 e. The molecule has 0 aliphatic carbocycles. The molecule has 6 heteroatoms. The lowest BCUT2D eigenvalue weighted by molar-refractivity contribution is 0.122. The highest BCUT2D eigenvalue weighted by atomic mass is 79.9. The van der Waals surface area contributed by atoms with Gasteiger partial charge in [0.05, 0.1) is 0 Å². The number of thiocarbonyl (C=S) groups is 1. The van der Waals surface area contributed by atoms with E-state index in [-0.39, 0.29) is 0 Å². The highest BCUT2D eigenvalue weighted by Gasteiger charge is 2.22. The first-order valence-corrected chi connectivity index (χ1v) is 7.89. The van der Waals surface area contributed by atoms with E-state index < -0.39 is 0 Å². The van der Waals surface area contributed by atoms with Crippen LogP contribution in [0.1, 0.15) is 5.56 Å². The third kappa shape index (κ3) is 3.91. The van der Waals surface area contributed by atoms with Gasteiger partial charge in [-0.2, -0.15) is 0 Å². The van der Waals surface area contributed by atoms with Gasteiger partial charge in [-0.3, -0.25) is 4.90 Å². The van der Waals surface area contributed by atoms with E-state index in [9.17, 15) is 0 Å². The van der Waals surface area contributed by atoms with Crippen LogP contribution in [-0.2, 0) is 0 Å². The van der Waals surface area contributed by atoms with Crippen molar-refractivity contribution in [3.8, 4) is 0 Å². The van der Waals surface area contributed by atoms with Crippen LogP contribution in [-0.4, -0.2) is 61.1 Å². The lowest BCUT2D eigenvalue weighted by Crippen LogP contribution is -2.52. The number of rotatable bonds is 4. The first-order valence-electron chi connectivity index (χ1n) is 6.69. The van der Waals surface area contributed by atoms with Crippen LogP contribution in [0.2, 0.25) is 0 Å². The van der Waals surface area contributed by atoms with Crippen molar-refractivity contribution in [3.05, 3.63) is 28.2 Å². The van der Waals surface area contributed by atoms with E-state index >= 15 is 0 Å². The van der Waals surface area contributed by atoms with Crippen LogP contribution in [0.15, 0.2) is 22.7 Å². The molecular weight excluding hydrogens is 336 g/mol. The maximum Gasteiger partial charge on any atom is 0.106 e. The van der Waals surface area contributed by atoms with Crippen LogP contribution in [0, 0.1) is 0 Å². The van der Waals surface area contributed by atoms with Crippen molar-refractivity contribution in [2.45, 2.75) is 6.04 Å². The van der Waals surface area contributed by atoms with Gasteiger partial charge in [-0.15, -0.1) is 0 Å². The van der Waals surface area contributed by atoms with Gasteiger partial charge in [-0.25, -0.2) is 0 Å². The quantitative estimate of drug-likeness (QED) is 0.804. The fourth-order valence-corrected chi connectivity index (χ4v) is 2.97. The molecule has 0 amide bonds. The maximum absolute atomic E-state index is 5.78. The van der Waals surface area contributed by atoms with Crippen molar-refractivity contribution in [2.75, 3.05) is 45.6 Å². The fourth-order valence-electron chi connectivity index (χ4n) is 2.43. The maximum atomic E-state index is 5.78. The van der Waals surface area contributed by atoms with Crippen molar-refractivity contribution in [2.24, 2.45) is 5.73 Å². The van der Waals surface area contributed by atoms with Crippen LogP contribution in [0.5, 0.6) is 0 Å². The summed E-state index contributed by atoms with van der Waals surface area (Å²) in [6, 6.07) is 6.43. The molecule has 2 rings (SSSR count). The van der Waals surface area contributed by atoms with Gasteiger partial charge in [-0.05, 0) is 32.3 Å². The van der Waals surface area contributed by atoms with Gasteiger partial charge in [0.15, 0.2) is 0 Å². The number of nitrogens with zero attached hydrogens (tertiary/aromatic N) is 2. The first kappa shape index (κ1) is 15.7. The molecule has 4 nitrogen and oxygen atoms in total. The predicted molar refractivity (Wildman–Crippen MR) is 92.4 cm³/mol. The SMILES string of the molecule is CN1CCN(C)C(CNc2cc(Br)ccc2C(N)=S)C1. The molecule has 1 aromatic rings. The molecule has 1 atom stereocenters. The number of piperazine rings is 1. The largest absolute Gasteiger partial charge is 0.389 e. The number of nitrogens with two attached hydrogens (primary N) is 1. The van der Waals surface area contributed by atoms with Gasteiger partial charge in [0, 0.05) is 47.9 Å². The van der Waals surface area contributed by atoms with E-state index in [1.165, 1.54) is 0 Å². The number of anilines is 1. The summed E-state index contributed by atoms with van der Waals surface area (Å²) in [4.78, 5) is 5.18. The van der Waals surface area contributed by atoms with Gasteiger partial charge in [-0.1, -0.05) is 28.1 Å². The monoisotopic (exact) mass is 356 g/mol. The average Bonchev–Trinajstić information content (AvgIpc) is 2.39. The summed E-state index contributed by atoms with van der Waals surface area (Å²) in [5.41, 5.74) is 7.67. The molecule has 3 N–H and O–H groups in total. The lowest BCUT2D eigenvalue weighted by atomic mass is 10.1. The second kappa shape index (κ2) is 6.85. The summed E-state index contributed by atoms with van der Waals surface area (Å²) in [5, 5.41) is 3.49. The zero-order valence-corrected chi connectivity index (χ0v) is 14.3. The Hall–Kier alpha value is -0.690. The normalized spacial score (nSPS) is 20.9. The molecule has 0 spiro atoms. The van der Waals surface area contributed by atoms with E-state index in [2.05, 4.69) is 45.1 Å². The average molecular weight is 357 g/mol. The summed E-state index contributed by atoms with van der Waals surface area (Å²) in [7, 11) is 4.34. The third-order valence-electron chi connectivity index (χ3n) is 3.76. The van der Waals surface area contributed by atoms with Crippen LogP contribution in [0.3, 0.4) is 0 Å². The summed E-state index contributed by atoms with van der Waals surface area (Å²) in [6.45, 7) is 4.18. The van der Waals surface area contributed by atoms with Crippen molar-refractivity contribution in [1.29, 1.82) is 0 Å². The molecule has 1 fully saturated rings. The van der Waals surface area contributed by atoms with Gasteiger partial charge < -0.3 is 16.0 Å². The Bertz CT molecular complexity index is 494. The van der Waals surface area contributed by atoms with Gasteiger partial charge in [0.1, 0.15) is 4.99 Å². The second-order valence-corrected chi connectivity index (χ2v) is 6.69. The van der Waals surface area contributed by atoms with Crippen LogP contribution in [0.25, 0.3) is 0 Å². The summed E-state index contributed by atoms with van der Waals surface area (Å²) in [5.74, 6) is 0. The Morgan fingerprint density at radius 2 is 2.20 bits per heavy atom. The summed E-state index contributed by atoms with van der Waals surface area (Å²) in [6.07, 6.45) is 0. The molecular formula is C14H21BrN4S. The highest BCUT2D eigenvalue weighted by molar-refractivity contribution is 9.10. The van der Waals surface area contributed by atoms with Crippen LogP contribution in [0.4, 0.5) is 5.69 Å². The molecule has 1 saturated heterocycles. The minimum atomic E-state index is 0.425. The Morgan fingerprint density at radius 1 is 1.45 bits per heavy atom. The lowest BCUT2D eigenvalue weighted by Gasteiger charge is -2.38. The Balaban J connectivity index is 2.06. The van der Waals surface area contributed by atoms with Crippen molar-refractivity contribution >= 4 is 38.8 Å². The van der Waals surface area contributed by atoms with E-state index in [0.717, 1.165) is 41.9 Å². The summed E-state index contributed by atoms with van der Waals surface area (Å²) < 4.78 is 1.02. The highest BCUT2D eigenvalue weighted by Crippen LogP contribution is 2.22. The molecule has 0 radical (unpaired) electrons. The van der Waals surface area contributed by atoms with E-state index in [1.54, 1.807) is 0 Å². The molecule has 20 heavy (non-hydrogen) atoms. The number of halogens is 1. The molecule has 1 aliphatic heterocycles. The Morgan fingerprint density at radius 3 is 2.90 bits per heavy atom. The van der Waals surface area contributed by atoms with Crippen LogP contribution >= 0.6 is 28.1 Å². The topological polar surface area (TPSA) is 44.5 Å². The summed E-state index contributed by atoms with van der Waals surface area (Å²) >= 11 is 8.60. The van der Waals surface area contributed by atoms with Gasteiger partial charge in [0.25, 0.3) is 0 Å². The molecule has 0 saturated carbocycles. The molecule has 0 bridgehead atoms. The van der Waals surface area contributed by atoms with Crippen molar-refractivity contribution in [3.63, 3.8) is 0 Å². The predicted octanol–water partition coefficient (Wildman–Crippen LogP) is 1.74. The molecule has 0 aromatic heterocycles. The number of benzene rings is 1. The Kier molecular flexibility index (Phi) is 5.37. The van der Waals surface area contributed by atoms with Gasteiger partial charge >= 0.3 is 0 Å². The first-order chi connectivity index (χ1) is 9.47. The van der Waals surface area contributed by atoms with Crippen LogP contribution < -0.4 is 11.1 Å². The number of nitrogens with one attached hydrogen (secondary N) is 1. The molecule has 1 aromatic carbocycles. The van der Waals surface area contributed by atoms with E-state index in [4.69, 9.17) is 18.0 Å². The zero-order valence-electron chi connectivity index (χ0n) is 11.9. The van der Waals surface area contributed by atoms with Crippen molar-refractivity contribution < 1.29 is 0 Å². The number of hydrogen-bond acceptors (Lipinski definition) is 4. The number of likely N-dealkylation sites (N-methyl/N-ethyl adjacent to an activating group) is 2. The standard InChI is InChI=1S/C14H21BrN4S/c1-18-5-6-19(2)11(9-18)8-17-13-7-10(15)3-4-12(13)14(16)20/h3-4,7,11,17H,5-6,8-9H2,1-2H3,(H2,16,20). The molecule has 110 valence electrons. The van der Waals surface area contributed by atoms with E-state index in [0.29, 0.717) is 11.0 Å². The minimum absolute atomic E-state index is 0.425. The molecule has 1 aliphatic rings. The molecule has 1 heterocycles. The second-order valence-electron chi connectivity index (χ2n) is 5.33.